The maximum Gasteiger partial charge on any atom is 0.120 e. The number of rotatable bonds is 7. The molecular formula is C17H23NO3. The number of aliphatic hydroxyl groups excluding tert-OH is 1. The monoisotopic (exact) mass is 289 g/mol. The first-order chi connectivity index (χ1) is 10.0. The molecule has 2 aromatic rings. The molecule has 0 radical (unpaired) electrons. The van der Waals surface area contributed by atoms with Crippen molar-refractivity contribution in [2.75, 3.05) is 13.2 Å². The number of aryl methyl sites for hydroxylation is 2. The summed E-state index contributed by atoms with van der Waals surface area (Å²) in [5.41, 5.74) is 1.19. The van der Waals surface area contributed by atoms with Gasteiger partial charge in [0.2, 0.25) is 0 Å². The Labute approximate surface area is 125 Å². The van der Waals surface area contributed by atoms with Crippen molar-refractivity contribution < 1.29 is 14.3 Å². The summed E-state index contributed by atoms with van der Waals surface area (Å²) >= 11 is 0. The van der Waals surface area contributed by atoms with Gasteiger partial charge < -0.3 is 19.6 Å². The minimum absolute atomic E-state index is 0.0627. The summed E-state index contributed by atoms with van der Waals surface area (Å²) in [6, 6.07) is 11.7. The van der Waals surface area contributed by atoms with E-state index >= 15 is 0 Å². The lowest BCUT2D eigenvalue weighted by molar-refractivity contribution is 0.103. The molecule has 0 aliphatic rings. The van der Waals surface area contributed by atoms with Gasteiger partial charge in [0.25, 0.3) is 0 Å². The van der Waals surface area contributed by atoms with E-state index in [-0.39, 0.29) is 12.6 Å². The van der Waals surface area contributed by atoms with Gasteiger partial charge in [0, 0.05) is 6.54 Å². The Kier molecular flexibility index (Phi) is 5.42. The summed E-state index contributed by atoms with van der Waals surface area (Å²) in [5, 5.41) is 13.2. The van der Waals surface area contributed by atoms with Crippen molar-refractivity contribution in [2.45, 2.75) is 32.9 Å². The van der Waals surface area contributed by atoms with E-state index < -0.39 is 6.10 Å². The number of furan rings is 1. The van der Waals surface area contributed by atoms with Crippen LogP contribution in [-0.2, 0) is 0 Å². The molecule has 0 bridgehead atoms. The van der Waals surface area contributed by atoms with E-state index in [0.717, 1.165) is 17.3 Å². The van der Waals surface area contributed by atoms with Crippen molar-refractivity contribution in [2.24, 2.45) is 0 Å². The van der Waals surface area contributed by atoms with Gasteiger partial charge in [0.1, 0.15) is 30.0 Å². The molecular weight excluding hydrogens is 266 g/mol. The smallest absolute Gasteiger partial charge is 0.120 e. The van der Waals surface area contributed by atoms with E-state index in [1.54, 1.807) is 0 Å². The molecule has 2 atom stereocenters. The highest BCUT2D eigenvalue weighted by molar-refractivity contribution is 5.26. The number of hydrogen-bond donors (Lipinski definition) is 2. The van der Waals surface area contributed by atoms with E-state index in [1.807, 2.05) is 57.2 Å². The van der Waals surface area contributed by atoms with Crippen LogP contribution in [0.1, 0.15) is 30.0 Å². The predicted molar refractivity (Wildman–Crippen MR) is 82.5 cm³/mol. The van der Waals surface area contributed by atoms with Gasteiger partial charge in [-0.05, 0) is 45.0 Å². The predicted octanol–water partition coefficient (Wildman–Crippen LogP) is 2.99. The summed E-state index contributed by atoms with van der Waals surface area (Å²) in [5.74, 6) is 2.54. The largest absolute Gasteiger partial charge is 0.491 e. The molecule has 0 saturated heterocycles. The zero-order chi connectivity index (χ0) is 15.2. The number of ether oxygens (including phenoxy) is 1. The molecule has 0 spiro atoms. The fourth-order valence-electron chi connectivity index (χ4n) is 1.99. The molecule has 0 fully saturated rings. The maximum absolute atomic E-state index is 9.95. The lowest BCUT2D eigenvalue weighted by atomic mass is 10.2. The van der Waals surface area contributed by atoms with Crippen LogP contribution in [0.15, 0.2) is 40.8 Å². The Bertz CT molecular complexity index is 547. The summed E-state index contributed by atoms with van der Waals surface area (Å²) in [6.07, 6.45) is -0.565. The van der Waals surface area contributed by atoms with Crippen LogP contribution < -0.4 is 10.1 Å². The summed E-state index contributed by atoms with van der Waals surface area (Å²) in [4.78, 5) is 0. The van der Waals surface area contributed by atoms with Crippen LogP contribution in [0.4, 0.5) is 0 Å². The molecule has 1 aromatic carbocycles. The lowest BCUT2D eigenvalue weighted by Crippen LogP contribution is -2.32. The standard InChI is InChI=1S/C17H23NO3/c1-12-4-7-16(8-5-12)20-11-15(19)10-18-14(3)17-9-6-13(2)21-17/h4-9,14-15,18-19H,10-11H2,1-3H3. The number of nitrogens with one attached hydrogen (secondary N) is 1. The molecule has 2 rings (SSSR count). The van der Waals surface area contributed by atoms with Gasteiger partial charge in [-0.3, -0.25) is 0 Å². The lowest BCUT2D eigenvalue weighted by Gasteiger charge is -2.16. The fraction of sp³-hybridized carbons (Fsp3) is 0.412. The van der Waals surface area contributed by atoms with Crippen LogP contribution in [0.2, 0.25) is 0 Å². The molecule has 0 aliphatic heterocycles. The number of benzene rings is 1. The molecule has 2 N–H and O–H groups in total. The quantitative estimate of drug-likeness (QED) is 0.823. The number of hydrogen-bond acceptors (Lipinski definition) is 4. The average molecular weight is 289 g/mol. The fourth-order valence-corrected chi connectivity index (χ4v) is 1.99. The zero-order valence-electron chi connectivity index (χ0n) is 12.8. The molecule has 1 aromatic heterocycles. The summed E-state index contributed by atoms with van der Waals surface area (Å²) < 4.78 is 11.1. The molecule has 114 valence electrons. The van der Waals surface area contributed by atoms with Crippen molar-refractivity contribution in [3.05, 3.63) is 53.5 Å². The van der Waals surface area contributed by atoms with E-state index in [9.17, 15) is 5.11 Å². The van der Waals surface area contributed by atoms with Crippen LogP contribution in [0.25, 0.3) is 0 Å². The van der Waals surface area contributed by atoms with E-state index in [4.69, 9.17) is 9.15 Å². The molecule has 0 aliphatic carbocycles. The minimum Gasteiger partial charge on any atom is -0.491 e. The third-order valence-corrected chi connectivity index (χ3v) is 3.31. The van der Waals surface area contributed by atoms with E-state index in [2.05, 4.69) is 5.32 Å². The van der Waals surface area contributed by atoms with Crippen molar-refractivity contribution in [1.82, 2.24) is 5.32 Å². The average Bonchev–Trinajstić information content (AvgIpc) is 2.91. The SMILES string of the molecule is Cc1ccc(OCC(O)CNC(C)c2ccc(C)o2)cc1. The highest BCUT2D eigenvalue weighted by Gasteiger charge is 2.12. The van der Waals surface area contributed by atoms with Gasteiger partial charge in [-0.1, -0.05) is 17.7 Å². The highest BCUT2D eigenvalue weighted by Crippen LogP contribution is 2.15. The molecule has 4 heteroatoms. The molecule has 0 amide bonds. The topological polar surface area (TPSA) is 54.6 Å². The van der Waals surface area contributed by atoms with Crippen LogP contribution >= 0.6 is 0 Å². The van der Waals surface area contributed by atoms with Crippen LogP contribution in [0, 0.1) is 13.8 Å². The Hall–Kier alpha value is -1.78. The van der Waals surface area contributed by atoms with Gasteiger partial charge in [-0.25, -0.2) is 0 Å². The molecule has 21 heavy (non-hydrogen) atoms. The first-order valence-corrected chi connectivity index (χ1v) is 7.22. The summed E-state index contributed by atoms with van der Waals surface area (Å²) in [6.45, 7) is 6.67. The minimum atomic E-state index is -0.565. The van der Waals surface area contributed by atoms with Crippen LogP contribution in [-0.4, -0.2) is 24.4 Å². The van der Waals surface area contributed by atoms with Gasteiger partial charge in [-0.15, -0.1) is 0 Å². The maximum atomic E-state index is 9.95. The second-order valence-electron chi connectivity index (χ2n) is 5.36. The van der Waals surface area contributed by atoms with Gasteiger partial charge in [0.15, 0.2) is 0 Å². The van der Waals surface area contributed by atoms with Gasteiger partial charge in [-0.2, -0.15) is 0 Å². The van der Waals surface area contributed by atoms with Crippen LogP contribution in [0.3, 0.4) is 0 Å². The second-order valence-corrected chi connectivity index (χ2v) is 5.36. The van der Waals surface area contributed by atoms with Gasteiger partial charge >= 0.3 is 0 Å². The highest BCUT2D eigenvalue weighted by atomic mass is 16.5. The Morgan fingerprint density at radius 2 is 1.86 bits per heavy atom. The van der Waals surface area contributed by atoms with Crippen molar-refractivity contribution in [1.29, 1.82) is 0 Å². The molecule has 1 heterocycles. The zero-order valence-corrected chi connectivity index (χ0v) is 12.8. The Morgan fingerprint density at radius 3 is 2.48 bits per heavy atom. The van der Waals surface area contributed by atoms with Crippen molar-refractivity contribution in [3.8, 4) is 5.75 Å². The first-order valence-electron chi connectivity index (χ1n) is 7.22. The third kappa shape index (κ3) is 4.92. The Morgan fingerprint density at radius 1 is 1.14 bits per heavy atom. The first kappa shape index (κ1) is 15.6. The number of aliphatic hydroxyl groups is 1. The van der Waals surface area contributed by atoms with E-state index in [0.29, 0.717) is 6.54 Å². The van der Waals surface area contributed by atoms with Crippen molar-refractivity contribution >= 4 is 0 Å². The second kappa shape index (κ2) is 7.29. The Balaban J connectivity index is 1.72. The third-order valence-electron chi connectivity index (χ3n) is 3.31. The normalized spacial score (nSPS) is 13.9. The van der Waals surface area contributed by atoms with E-state index in [1.165, 1.54) is 5.56 Å². The summed E-state index contributed by atoms with van der Waals surface area (Å²) in [7, 11) is 0. The molecule has 2 unspecified atom stereocenters. The van der Waals surface area contributed by atoms with Gasteiger partial charge in [0.05, 0.1) is 6.04 Å². The molecule has 4 nitrogen and oxygen atoms in total. The van der Waals surface area contributed by atoms with Crippen LogP contribution in [0.5, 0.6) is 5.75 Å². The molecule has 0 saturated carbocycles. The van der Waals surface area contributed by atoms with Crippen molar-refractivity contribution in [3.63, 3.8) is 0 Å².